The lowest BCUT2D eigenvalue weighted by molar-refractivity contribution is -0.164. The van der Waals surface area contributed by atoms with Gasteiger partial charge in [-0.2, -0.15) is 0 Å². The zero-order chi connectivity index (χ0) is 27.0. The Bertz CT molecular complexity index is 863. The fourth-order valence-corrected chi connectivity index (χ4v) is 7.07. The van der Waals surface area contributed by atoms with Crippen molar-refractivity contribution in [3.05, 3.63) is 12.7 Å². The number of likely N-dealkylation sites (tertiary alicyclic amines) is 1. The smallest absolute Gasteiger partial charge is 0.312 e. The van der Waals surface area contributed by atoms with Crippen molar-refractivity contribution in [1.82, 2.24) is 9.80 Å². The van der Waals surface area contributed by atoms with Crippen LogP contribution in [0, 0.1) is 23.7 Å². The van der Waals surface area contributed by atoms with Gasteiger partial charge in [-0.3, -0.25) is 14.4 Å². The molecule has 0 aromatic rings. The molecule has 204 valence electrons. The molecule has 3 heterocycles. The second kappa shape index (κ2) is 10.8. The van der Waals surface area contributed by atoms with Crippen LogP contribution in [-0.2, 0) is 23.9 Å². The molecule has 3 saturated heterocycles. The molecule has 8 heteroatoms. The number of aliphatic hydroxyl groups is 1. The van der Waals surface area contributed by atoms with Gasteiger partial charge in [0, 0.05) is 12.6 Å². The highest BCUT2D eigenvalue weighted by Crippen LogP contribution is 2.66. The molecule has 1 spiro atoms. The van der Waals surface area contributed by atoms with Crippen molar-refractivity contribution in [2.24, 2.45) is 23.7 Å². The van der Waals surface area contributed by atoms with E-state index in [1.807, 2.05) is 34.6 Å². The van der Waals surface area contributed by atoms with Crippen molar-refractivity contribution in [2.75, 3.05) is 19.8 Å². The second-order valence-electron chi connectivity index (χ2n) is 11.3. The van der Waals surface area contributed by atoms with Gasteiger partial charge >= 0.3 is 5.97 Å². The fourth-order valence-electron chi connectivity index (χ4n) is 7.07. The summed E-state index contributed by atoms with van der Waals surface area (Å²) in [6, 6.07) is -1.54. The first-order valence-corrected chi connectivity index (χ1v) is 13.7. The fraction of sp³-hybridized carbons (Fsp3) is 0.821. The predicted molar refractivity (Wildman–Crippen MR) is 137 cm³/mol. The minimum absolute atomic E-state index is 0.0448. The summed E-state index contributed by atoms with van der Waals surface area (Å²) in [5.41, 5.74) is -2.05. The Kier molecular flexibility index (Phi) is 8.61. The van der Waals surface area contributed by atoms with Crippen molar-refractivity contribution in [1.29, 1.82) is 0 Å². The van der Waals surface area contributed by atoms with E-state index in [0.717, 1.165) is 19.3 Å². The quantitative estimate of drug-likeness (QED) is 0.323. The van der Waals surface area contributed by atoms with Gasteiger partial charge in [-0.1, -0.05) is 46.6 Å². The van der Waals surface area contributed by atoms with E-state index >= 15 is 0 Å². The Morgan fingerprint density at radius 3 is 2.53 bits per heavy atom. The van der Waals surface area contributed by atoms with Crippen LogP contribution in [0.4, 0.5) is 0 Å². The summed E-state index contributed by atoms with van der Waals surface area (Å²) in [6.07, 6.45) is 4.65. The highest BCUT2D eigenvalue weighted by molar-refractivity contribution is 5.99. The molecule has 3 fully saturated rings. The van der Waals surface area contributed by atoms with Crippen LogP contribution < -0.4 is 0 Å². The summed E-state index contributed by atoms with van der Waals surface area (Å²) in [6.45, 7) is 17.9. The molecule has 8 nitrogen and oxygen atoms in total. The molecular formula is C28H46N2O6. The van der Waals surface area contributed by atoms with E-state index < -0.39 is 41.1 Å². The first-order valence-electron chi connectivity index (χ1n) is 13.7. The van der Waals surface area contributed by atoms with Gasteiger partial charge in [0.1, 0.15) is 17.6 Å². The third kappa shape index (κ3) is 4.18. The van der Waals surface area contributed by atoms with Crippen molar-refractivity contribution < 1.29 is 29.0 Å². The number of carbonyl (C=O) groups excluding carboxylic acids is 3. The number of esters is 1. The van der Waals surface area contributed by atoms with Gasteiger partial charge in [0.2, 0.25) is 11.8 Å². The Balaban J connectivity index is 2.20. The summed E-state index contributed by atoms with van der Waals surface area (Å²) in [4.78, 5) is 45.4. The number of amides is 2. The molecule has 0 aliphatic carbocycles. The van der Waals surface area contributed by atoms with Gasteiger partial charge in [-0.15, -0.1) is 6.58 Å². The molecule has 2 bridgehead atoms. The summed E-state index contributed by atoms with van der Waals surface area (Å²) in [5.74, 6) is -2.66. The molecule has 3 aliphatic rings. The van der Waals surface area contributed by atoms with E-state index in [2.05, 4.69) is 13.5 Å². The summed E-state index contributed by atoms with van der Waals surface area (Å²) in [7, 11) is 0. The van der Waals surface area contributed by atoms with E-state index in [4.69, 9.17) is 9.47 Å². The molecule has 0 aromatic carbocycles. The lowest BCUT2D eigenvalue weighted by Crippen LogP contribution is -2.61. The Morgan fingerprint density at radius 1 is 1.33 bits per heavy atom. The van der Waals surface area contributed by atoms with Gasteiger partial charge in [-0.25, -0.2) is 0 Å². The lowest BCUT2D eigenvalue weighted by Gasteiger charge is -2.42. The number of carbonyl (C=O) groups is 3. The van der Waals surface area contributed by atoms with E-state index in [0.29, 0.717) is 13.0 Å². The van der Waals surface area contributed by atoms with Crippen LogP contribution in [0.3, 0.4) is 0 Å². The average molecular weight is 507 g/mol. The number of aliphatic hydroxyl groups excluding tert-OH is 1. The number of hydrogen-bond acceptors (Lipinski definition) is 6. The number of nitrogens with zero attached hydrogens (tertiary/aromatic N) is 2. The van der Waals surface area contributed by atoms with Gasteiger partial charge < -0.3 is 24.4 Å². The topological polar surface area (TPSA) is 96.4 Å². The maximum absolute atomic E-state index is 14.5. The molecule has 4 unspecified atom stereocenters. The van der Waals surface area contributed by atoms with Crippen LogP contribution in [0.25, 0.3) is 0 Å². The Hall–Kier alpha value is -1.93. The monoisotopic (exact) mass is 506 g/mol. The van der Waals surface area contributed by atoms with Gasteiger partial charge in [0.15, 0.2) is 0 Å². The maximum Gasteiger partial charge on any atom is 0.312 e. The van der Waals surface area contributed by atoms with Crippen molar-refractivity contribution >= 4 is 17.8 Å². The molecule has 3 aliphatic heterocycles. The van der Waals surface area contributed by atoms with E-state index in [1.54, 1.807) is 22.8 Å². The molecule has 0 saturated carbocycles. The highest BCUT2D eigenvalue weighted by Gasteiger charge is 2.81. The molecule has 3 rings (SSSR count). The van der Waals surface area contributed by atoms with Crippen molar-refractivity contribution in [2.45, 2.75) is 103 Å². The molecule has 9 atom stereocenters. The number of rotatable bonds is 12. The Morgan fingerprint density at radius 2 is 2.00 bits per heavy atom. The highest BCUT2D eigenvalue weighted by atomic mass is 16.6. The maximum atomic E-state index is 14.5. The van der Waals surface area contributed by atoms with Crippen LogP contribution in [0.15, 0.2) is 12.7 Å². The van der Waals surface area contributed by atoms with Crippen LogP contribution in [0.5, 0.6) is 0 Å². The van der Waals surface area contributed by atoms with Crippen LogP contribution >= 0.6 is 0 Å². The van der Waals surface area contributed by atoms with Crippen LogP contribution in [0.2, 0.25) is 0 Å². The minimum atomic E-state index is -1.15. The third-order valence-electron chi connectivity index (χ3n) is 9.22. The van der Waals surface area contributed by atoms with E-state index in [1.165, 1.54) is 0 Å². The first-order chi connectivity index (χ1) is 17.0. The molecule has 0 aromatic heterocycles. The van der Waals surface area contributed by atoms with E-state index in [-0.39, 0.29) is 42.9 Å². The first kappa shape index (κ1) is 28.6. The molecule has 36 heavy (non-hydrogen) atoms. The molecule has 1 N–H and O–H groups in total. The van der Waals surface area contributed by atoms with Crippen LogP contribution in [-0.4, -0.2) is 81.8 Å². The number of ether oxygens (including phenoxy) is 2. The average Bonchev–Trinajstić information content (AvgIpc) is 3.34. The Labute approximate surface area is 216 Å². The summed E-state index contributed by atoms with van der Waals surface area (Å²) >= 11 is 0. The van der Waals surface area contributed by atoms with Gasteiger partial charge in [-0.05, 0) is 45.4 Å². The van der Waals surface area contributed by atoms with Gasteiger partial charge in [0.25, 0.3) is 0 Å². The third-order valence-corrected chi connectivity index (χ3v) is 9.22. The predicted octanol–water partition coefficient (Wildman–Crippen LogP) is 3.17. The number of hydrogen-bond donors (Lipinski definition) is 1. The van der Waals surface area contributed by atoms with E-state index in [9.17, 15) is 19.5 Å². The normalized spacial score (nSPS) is 35.3. The largest absolute Gasteiger partial charge is 0.466 e. The molecule has 0 radical (unpaired) electrons. The second-order valence-corrected chi connectivity index (χ2v) is 11.3. The minimum Gasteiger partial charge on any atom is -0.466 e. The molecular weight excluding hydrogens is 460 g/mol. The van der Waals surface area contributed by atoms with Crippen molar-refractivity contribution in [3.63, 3.8) is 0 Å². The zero-order valence-electron chi connectivity index (χ0n) is 23.2. The summed E-state index contributed by atoms with van der Waals surface area (Å²) < 4.78 is 12.2. The molecule has 2 amide bonds. The van der Waals surface area contributed by atoms with Gasteiger partial charge in [0.05, 0.1) is 30.8 Å². The SMILES string of the molecule is C=CCN(C(=O)C1N([C@@H](CO)[C@@H](C)CC)C(=O)[C@@H]2[C@@H](C(=O)OCC)[C@]3(C)OC12CC3C)C(C)CCC. The lowest BCUT2D eigenvalue weighted by atomic mass is 9.62. The number of fused-ring (bicyclic) bond motifs is 1. The van der Waals surface area contributed by atoms with Crippen molar-refractivity contribution in [3.8, 4) is 0 Å². The summed E-state index contributed by atoms with van der Waals surface area (Å²) in [5, 5.41) is 10.5. The zero-order valence-corrected chi connectivity index (χ0v) is 23.2. The van der Waals surface area contributed by atoms with Crippen LogP contribution in [0.1, 0.15) is 74.1 Å². The standard InChI is InChI=1S/C28H46N2O6/c1-9-13-19(7)29(14-10-2)25(33)23-28-15-18(6)27(8,36-28)22(26(34)35-12-4)21(28)24(32)30(23)20(16-31)17(5)11-3/h10,17-23,31H,2,9,11-16H2,1,3-8H3/t17-,18?,19?,20-,21-,22-,23?,27+,28?/m0/s1.